The molecular weight excluding hydrogens is 384 g/mol. The number of rotatable bonds is 5. The van der Waals surface area contributed by atoms with Crippen LogP contribution in [0.25, 0.3) is 5.69 Å². The summed E-state index contributed by atoms with van der Waals surface area (Å²) in [6.07, 6.45) is 5.54. The minimum Gasteiger partial charge on any atom is -0.324 e. The molecule has 156 valence electrons. The molecule has 2 aromatic carbocycles. The van der Waals surface area contributed by atoms with Gasteiger partial charge in [-0.3, -0.25) is 0 Å². The summed E-state index contributed by atoms with van der Waals surface area (Å²) < 4.78 is 2.06. The standard InChI is InChI=1S/C25H26N6/c1-18-26-13-15-31(18)21-10-8-20(9-11-21)27-25-28-23-12-14-30(2)17-22(23)24(29-25)16-19-6-4-3-5-7-19/h3-11,13,15H,12,14,16-17H2,1-2H3,(H,27,28,29). The van der Waals surface area contributed by atoms with Crippen LogP contribution in [0.4, 0.5) is 11.6 Å². The van der Waals surface area contributed by atoms with E-state index in [4.69, 9.17) is 9.97 Å². The second-order valence-corrected chi connectivity index (χ2v) is 8.09. The first-order valence-electron chi connectivity index (χ1n) is 10.6. The van der Waals surface area contributed by atoms with Crippen molar-refractivity contribution in [2.45, 2.75) is 26.3 Å². The van der Waals surface area contributed by atoms with Crippen LogP contribution in [-0.2, 0) is 19.4 Å². The van der Waals surface area contributed by atoms with Crippen molar-refractivity contribution in [3.05, 3.63) is 95.3 Å². The topological polar surface area (TPSA) is 58.9 Å². The monoisotopic (exact) mass is 410 g/mol. The molecule has 0 atom stereocenters. The van der Waals surface area contributed by atoms with Gasteiger partial charge in [-0.2, -0.15) is 0 Å². The van der Waals surface area contributed by atoms with Crippen molar-refractivity contribution in [3.63, 3.8) is 0 Å². The quantitative estimate of drug-likeness (QED) is 0.532. The molecule has 0 amide bonds. The molecule has 0 bridgehead atoms. The lowest BCUT2D eigenvalue weighted by Gasteiger charge is -2.26. The predicted molar refractivity (Wildman–Crippen MR) is 123 cm³/mol. The van der Waals surface area contributed by atoms with Crippen LogP contribution in [0.15, 0.2) is 67.0 Å². The highest BCUT2D eigenvalue weighted by atomic mass is 15.1. The van der Waals surface area contributed by atoms with Gasteiger partial charge < -0.3 is 14.8 Å². The number of hydrogen-bond donors (Lipinski definition) is 1. The third-order valence-electron chi connectivity index (χ3n) is 5.78. The van der Waals surface area contributed by atoms with Crippen molar-refractivity contribution < 1.29 is 0 Å². The van der Waals surface area contributed by atoms with E-state index in [2.05, 4.69) is 81.4 Å². The number of benzene rings is 2. The third kappa shape index (κ3) is 4.20. The van der Waals surface area contributed by atoms with Crippen molar-refractivity contribution in [2.24, 2.45) is 0 Å². The fourth-order valence-corrected chi connectivity index (χ4v) is 4.09. The van der Waals surface area contributed by atoms with Gasteiger partial charge in [0.2, 0.25) is 5.95 Å². The molecule has 2 aromatic heterocycles. The summed E-state index contributed by atoms with van der Waals surface area (Å²) in [4.78, 5) is 16.4. The molecule has 0 saturated carbocycles. The summed E-state index contributed by atoms with van der Waals surface area (Å²) in [6.45, 7) is 3.92. The van der Waals surface area contributed by atoms with Crippen molar-refractivity contribution in [1.82, 2.24) is 24.4 Å². The van der Waals surface area contributed by atoms with Crippen LogP contribution in [0.2, 0.25) is 0 Å². The molecule has 6 heteroatoms. The maximum absolute atomic E-state index is 4.93. The van der Waals surface area contributed by atoms with Gasteiger partial charge in [0, 0.05) is 55.3 Å². The molecule has 0 fully saturated rings. The van der Waals surface area contributed by atoms with Gasteiger partial charge in [-0.1, -0.05) is 30.3 Å². The summed E-state index contributed by atoms with van der Waals surface area (Å²) in [7, 11) is 2.16. The zero-order valence-electron chi connectivity index (χ0n) is 17.9. The number of aryl methyl sites for hydroxylation is 1. The lowest BCUT2D eigenvalue weighted by Crippen LogP contribution is -2.29. The third-order valence-corrected chi connectivity index (χ3v) is 5.78. The summed E-state index contributed by atoms with van der Waals surface area (Å²) in [5.41, 5.74) is 6.86. The Bertz CT molecular complexity index is 1180. The maximum Gasteiger partial charge on any atom is 0.227 e. The number of nitrogens with one attached hydrogen (secondary N) is 1. The molecule has 4 aromatic rings. The van der Waals surface area contributed by atoms with Gasteiger partial charge in [0.1, 0.15) is 5.82 Å². The van der Waals surface area contributed by atoms with Gasteiger partial charge in [-0.25, -0.2) is 15.0 Å². The Labute approximate surface area is 182 Å². The lowest BCUT2D eigenvalue weighted by atomic mass is 9.99. The molecule has 0 radical (unpaired) electrons. The molecular formula is C25H26N6. The van der Waals surface area contributed by atoms with Crippen LogP contribution in [-0.4, -0.2) is 38.0 Å². The molecule has 3 heterocycles. The number of nitrogens with zero attached hydrogens (tertiary/aromatic N) is 5. The Balaban J connectivity index is 1.44. The summed E-state index contributed by atoms with van der Waals surface area (Å²) in [5, 5.41) is 3.42. The highest BCUT2D eigenvalue weighted by Crippen LogP contribution is 2.25. The zero-order chi connectivity index (χ0) is 21.2. The van der Waals surface area contributed by atoms with E-state index < -0.39 is 0 Å². The number of anilines is 2. The first-order valence-corrected chi connectivity index (χ1v) is 10.6. The smallest absolute Gasteiger partial charge is 0.227 e. The van der Waals surface area contributed by atoms with Crippen LogP contribution >= 0.6 is 0 Å². The Hall–Kier alpha value is -3.51. The molecule has 31 heavy (non-hydrogen) atoms. The number of fused-ring (bicyclic) bond motifs is 1. The predicted octanol–water partition coefficient (Wildman–Crippen LogP) is 4.29. The van der Waals surface area contributed by atoms with Crippen LogP contribution < -0.4 is 5.32 Å². The molecule has 0 aliphatic carbocycles. The van der Waals surface area contributed by atoms with Gasteiger partial charge in [-0.15, -0.1) is 0 Å². The molecule has 0 spiro atoms. The minimum absolute atomic E-state index is 0.667. The fraction of sp³-hybridized carbons (Fsp3) is 0.240. The van der Waals surface area contributed by atoms with E-state index >= 15 is 0 Å². The van der Waals surface area contributed by atoms with E-state index in [1.54, 1.807) is 0 Å². The van der Waals surface area contributed by atoms with Gasteiger partial charge in [-0.05, 0) is 43.8 Å². The van der Waals surface area contributed by atoms with Crippen LogP contribution in [0.5, 0.6) is 0 Å². The van der Waals surface area contributed by atoms with Gasteiger partial charge >= 0.3 is 0 Å². The Morgan fingerprint density at radius 1 is 1.00 bits per heavy atom. The van der Waals surface area contributed by atoms with Gasteiger partial charge in [0.25, 0.3) is 0 Å². The number of aromatic nitrogens is 4. The largest absolute Gasteiger partial charge is 0.324 e. The molecule has 1 aliphatic rings. The molecule has 5 rings (SSSR count). The van der Waals surface area contributed by atoms with Gasteiger partial charge in [0.05, 0.1) is 11.4 Å². The van der Waals surface area contributed by atoms with Crippen molar-refractivity contribution in [3.8, 4) is 5.69 Å². The van der Waals surface area contributed by atoms with Crippen LogP contribution in [0, 0.1) is 6.92 Å². The Kier molecular flexibility index (Phi) is 5.22. The van der Waals surface area contributed by atoms with E-state index in [1.807, 2.05) is 19.3 Å². The first-order chi connectivity index (χ1) is 15.2. The average molecular weight is 411 g/mol. The van der Waals surface area contributed by atoms with Crippen molar-refractivity contribution >= 4 is 11.6 Å². The zero-order valence-corrected chi connectivity index (χ0v) is 17.9. The Morgan fingerprint density at radius 3 is 2.55 bits per heavy atom. The van der Waals surface area contributed by atoms with Gasteiger partial charge in [0.15, 0.2) is 0 Å². The lowest BCUT2D eigenvalue weighted by molar-refractivity contribution is 0.308. The first kappa shape index (κ1) is 19.5. The molecule has 1 N–H and O–H groups in total. The van der Waals surface area contributed by atoms with E-state index in [1.165, 1.54) is 11.1 Å². The average Bonchev–Trinajstić information content (AvgIpc) is 3.21. The highest BCUT2D eigenvalue weighted by molar-refractivity contribution is 5.56. The normalized spacial score (nSPS) is 13.7. The number of hydrogen-bond acceptors (Lipinski definition) is 5. The minimum atomic E-state index is 0.667. The van der Waals surface area contributed by atoms with E-state index in [9.17, 15) is 0 Å². The van der Waals surface area contributed by atoms with E-state index in [0.717, 1.165) is 54.5 Å². The second kappa shape index (κ2) is 8.32. The summed E-state index contributed by atoms with van der Waals surface area (Å²) in [6, 6.07) is 18.8. The number of likely N-dealkylation sites (N-methyl/N-ethyl adjacent to an activating group) is 1. The molecule has 0 saturated heterocycles. The summed E-state index contributed by atoms with van der Waals surface area (Å²) >= 11 is 0. The van der Waals surface area contributed by atoms with Crippen LogP contribution in [0.1, 0.15) is 28.3 Å². The fourth-order valence-electron chi connectivity index (χ4n) is 4.09. The van der Waals surface area contributed by atoms with E-state index in [-0.39, 0.29) is 0 Å². The molecule has 1 aliphatic heterocycles. The Morgan fingerprint density at radius 2 is 1.81 bits per heavy atom. The van der Waals surface area contributed by atoms with Crippen molar-refractivity contribution in [1.29, 1.82) is 0 Å². The SMILES string of the molecule is Cc1nccn1-c1ccc(Nc2nc3c(c(Cc4ccccc4)n2)CN(C)CC3)cc1. The van der Waals surface area contributed by atoms with Crippen LogP contribution in [0.3, 0.4) is 0 Å². The maximum atomic E-state index is 4.93. The second-order valence-electron chi connectivity index (χ2n) is 8.09. The van der Waals surface area contributed by atoms with E-state index in [0.29, 0.717) is 5.95 Å². The van der Waals surface area contributed by atoms with Crippen molar-refractivity contribution in [2.75, 3.05) is 18.9 Å². The summed E-state index contributed by atoms with van der Waals surface area (Å²) in [5.74, 6) is 1.63. The molecule has 6 nitrogen and oxygen atoms in total. The number of imidazole rings is 1. The highest BCUT2D eigenvalue weighted by Gasteiger charge is 2.20. The molecule has 0 unspecified atom stereocenters.